The van der Waals surface area contributed by atoms with Crippen LogP contribution in [0.25, 0.3) is 0 Å². The van der Waals surface area contributed by atoms with Crippen LogP contribution in [0.1, 0.15) is 12.0 Å². The first-order valence-corrected chi connectivity index (χ1v) is 6.37. The van der Waals surface area contributed by atoms with Crippen LogP contribution in [-0.4, -0.2) is 37.2 Å². The number of ether oxygens (including phenoxy) is 1. The summed E-state index contributed by atoms with van der Waals surface area (Å²) in [6.45, 7) is 0.354. The van der Waals surface area contributed by atoms with Crippen molar-refractivity contribution in [3.8, 4) is 5.75 Å². The van der Waals surface area contributed by atoms with E-state index in [1.807, 2.05) is 12.1 Å². The Bertz CT molecular complexity index is 540. The van der Waals surface area contributed by atoms with Crippen LogP contribution in [0.2, 0.25) is 0 Å². The smallest absolute Gasteiger partial charge is 0.471 e. The largest absolute Gasteiger partial charge is 0.497 e. The highest BCUT2D eigenvalue weighted by Crippen LogP contribution is 2.59. The number of halogens is 3. The van der Waals surface area contributed by atoms with Gasteiger partial charge in [0.1, 0.15) is 5.75 Å². The van der Waals surface area contributed by atoms with E-state index in [9.17, 15) is 18.0 Å². The molecule has 0 aromatic heterocycles. The number of methoxy groups -OCH3 is 1. The third-order valence-electron chi connectivity index (χ3n) is 4.34. The summed E-state index contributed by atoms with van der Waals surface area (Å²) < 4.78 is 42.5. The van der Waals surface area contributed by atoms with Gasteiger partial charge in [-0.15, -0.1) is 0 Å². The van der Waals surface area contributed by atoms with Gasteiger partial charge in [-0.05, 0) is 30.0 Å². The summed E-state index contributed by atoms with van der Waals surface area (Å²) in [6.07, 6.45) is -3.93. The maximum absolute atomic E-state index is 12.5. The van der Waals surface area contributed by atoms with E-state index >= 15 is 0 Å². The van der Waals surface area contributed by atoms with Crippen molar-refractivity contribution in [2.75, 3.05) is 20.2 Å². The van der Waals surface area contributed by atoms with Crippen LogP contribution in [0.15, 0.2) is 24.3 Å². The fraction of sp³-hybridized carbons (Fsp3) is 0.500. The number of carbonyl (C=O) groups excluding carboxylic acids is 1. The Morgan fingerprint density at radius 2 is 2.00 bits per heavy atom. The minimum atomic E-state index is -4.78. The number of rotatable bonds is 2. The van der Waals surface area contributed by atoms with E-state index in [-0.39, 0.29) is 24.4 Å². The molecule has 108 valence electrons. The monoisotopic (exact) mass is 285 g/mol. The van der Waals surface area contributed by atoms with Crippen LogP contribution in [-0.2, 0) is 10.2 Å². The summed E-state index contributed by atoms with van der Waals surface area (Å²) in [7, 11) is 1.56. The van der Waals surface area contributed by atoms with E-state index in [4.69, 9.17) is 4.74 Å². The second-order valence-electron chi connectivity index (χ2n) is 5.47. The maximum Gasteiger partial charge on any atom is 0.471 e. The molecule has 6 heteroatoms. The normalized spacial score (nSPS) is 28.2. The fourth-order valence-electron chi connectivity index (χ4n) is 3.19. The summed E-state index contributed by atoms with van der Waals surface area (Å²) in [5.74, 6) is -0.872. The molecule has 20 heavy (non-hydrogen) atoms. The van der Waals surface area contributed by atoms with Crippen molar-refractivity contribution in [2.24, 2.45) is 5.92 Å². The van der Waals surface area contributed by atoms with Crippen LogP contribution >= 0.6 is 0 Å². The Morgan fingerprint density at radius 3 is 2.55 bits per heavy atom. The number of fused-ring (bicyclic) bond motifs is 1. The Balaban J connectivity index is 1.78. The number of nitrogens with zero attached hydrogens (tertiary/aromatic N) is 1. The number of carbonyl (C=O) groups is 1. The predicted molar refractivity (Wildman–Crippen MR) is 65.4 cm³/mol. The molecule has 0 spiro atoms. The molecule has 1 aliphatic carbocycles. The van der Waals surface area contributed by atoms with Crippen molar-refractivity contribution < 1.29 is 22.7 Å². The number of likely N-dealkylation sites (tertiary alicyclic amines) is 1. The van der Waals surface area contributed by atoms with Crippen molar-refractivity contribution >= 4 is 5.91 Å². The third kappa shape index (κ3) is 1.94. The minimum Gasteiger partial charge on any atom is -0.497 e. The number of piperidine rings is 1. The number of benzene rings is 1. The van der Waals surface area contributed by atoms with Gasteiger partial charge in [-0.3, -0.25) is 4.79 Å². The third-order valence-corrected chi connectivity index (χ3v) is 4.34. The average Bonchev–Trinajstić information content (AvgIpc) is 2.99. The van der Waals surface area contributed by atoms with Crippen LogP contribution in [0.3, 0.4) is 0 Å². The van der Waals surface area contributed by atoms with Gasteiger partial charge in [0.2, 0.25) is 0 Å². The molecule has 0 bridgehead atoms. The van der Waals surface area contributed by atoms with Crippen LogP contribution in [0.5, 0.6) is 5.75 Å². The van der Waals surface area contributed by atoms with Gasteiger partial charge in [0.05, 0.1) is 7.11 Å². The van der Waals surface area contributed by atoms with Gasteiger partial charge in [0, 0.05) is 18.5 Å². The molecule has 2 fully saturated rings. The summed E-state index contributed by atoms with van der Waals surface area (Å²) in [5.41, 5.74) is 0.702. The maximum atomic E-state index is 12.5. The first kappa shape index (κ1) is 13.3. The van der Waals surface area contributed by atoms with E-state index in [0.717, 1.165) is 16.9 Å². The molecule has 1 aliphatic heterocycles. The first-order valence-electron chi connectivity index (χ1n) is 6.37. The summed E-state index contributed by atoms with van der Waals surface area (Å²) in [5, 5.41) is 0. The lowest BCUT2D eigenvalue weighted by Crippen LogP contribution is -2.41. The van der Waals surface area contributed by atoms with Crippen molar-refractivity contribution in [3.63, 3.8) is 0 Å². The molecule has 3 rings (SSSR count). The second kappa shape index (κ2) is 4.14. The minimum absolute atomic E-state index is 0.141. The zero-order valence-electron chi connectivity index (χ0n) is 10.9. The number of amides is 1. The molecule has 2 atom stereocenters. The highest BCUT2D eigenvalue weighted by Gasteiger charge is 2.63. The molecular formula is C14H14F3NO2. The van der Waals surface area contributed by atoms with E-state index in [2.05, 4.69) is 0 Å². The fourth-order valence-corrected chi connectivity index (χ4v) is 3.19. The molecule has 0 N–H and O–H groups in total. The van der Waals surface area contributed by atoms with Gasteiger partial charge in [-0.1, -0.05) is 12.1 Å². The van der Waals surface area contributed by atoms with E-state index in [1.165, 1.54) is 0 Å². The van der Waals surface area contributed by atoms with Crippen LogP contribution < -0.4 is 4.74 Å². The van der Waals surface area contributed by atoms with Gasteiger partial charge in [-0.25, -0.2) is 0 Å². The molecule has 2 aliphatic rings. The molecule has 1 heterocycles. The van der Waals surface area contributed by atoms with Crippen molar-refractivity contribution in [1.29, 1.82) is 0 Å². The van der Waals surface area contributed by atoms with Gasteiger partial charge >= 0.3 is 12.1 Å². The van der Waals surface area contributed by atoms with Gasteiger partial charge in [0.15, 0.2) is 0 Å². The highest BCUT2D eigenvalue weighted by atomic mass is 19.4. The number of hydrogen-bond donors (Lipinski definition) is 0. The highest BCUT2D eigenvalue weighted by molar-refractivity contribution is 5.82. The van der Waals surface area contributed by atoms with Crippen molar-refractivity contribution in [1.82, 2.24) is 4.90 Å². The lowest BCUT2D eigenvalue weighted by molar-refractivity contribution is -0.184. The lowest BCUT2D eigenvalue weighted by Gasteiger charge is -2.22. The Morgan fingerprint density at radius 1 is 1.35 bits per heavy atom. The van der Waals surface area contributed by atoms with Gasteiger partial charge < -0.3 is 9.64 Å². The zero-order valence-corrected chi connectivity index (χ0v) is 10.9. The molecule has 0 unspecified atom stereocenters. The number of alkyl halides is 3. The summed E-state index contributed by atoms with van der Waals surface area (Å²) >= 11 is 0. The van der Waals surface area contributed by atoms with Crippen molar-refractivity contribution in [2.45, 2.75) is 18.0 Å². The van der Waals surface area contributed by atoms with Crippen molar-refractivity contribution in [3.05, 3.63) is 29.8 Å². The van der Waals surface area contributed by atoms with E-state index in [0.29, 0.717) is 5.75 Å². The van der Waals surface area contributed by atoms with Gasteiger partial charge in [0.25, 0.3) is 0 Å². The molecule has 1 saturated carbocycles. The second-order valence-corrected chi connectivity index (χ2v) is 5.47. The first-order chi connectivity index (χ1) is 9.37. The quantitative estimate of drug-likeness (QED) is 0.835. The van der Waals surface area contributed by atoms with Crippen LogP contribution in [0.4, 0.5) is 13.2 Å². The van der Waals surface area contributed by atoms with Gasteiger partial charge in [-0.2, -0.15) is 13.2 Å². The topological polar surface area (TPSA) is 29.5 Å². The molecule has 3 nitrogen and oxygen atoms in total. The SMILES string of the molecule is COc1ccc([C@@]23C[C@@H]2CN(C(=O)C(F)(F)F)C3)cc1. The Hall–Kier alpha value is -1.72. The molecule has 1 aromatic carbocycles. The standard InChI is InChI=1S/C14H14F3NO2/c1-20-11-4-2-9(3-5-11)13-6-10(13)7-18(8-13)12(19)14(15,16)17/h2-5,10H,6-8H2,1H3/t10-,13+/m1/s1. The predicted octanol–water partition coefficient (Wildman–Crippen LogP) is 2.36. The Labute approximate surface area is 114 Å². The molecule has 1 amide bonds. The zero-order chi connectivity index (χ0) is 14.5. The van der Waals surface area contributed by atoms with Crippen LogP contribution in [0, 0.1) is 5.92 Å². The molecule has 1 saturated heterocycles. The summed E-state index contributed by atoms with van der Waals surface area (Å²) in [6, 6.07) is 7.35. The molecule has 0 radical (unpaired) electrons. The van der Waals surface area contributed by atoms with E-state index in [1.54, 1.807) is 19.2 Å². The molecule has 1 aromatic rings. The lowest BCUT2D eigenvalue weighted by atomic mass is 9.95. The number of hydrogen-bond acceptors (Lipinski definition) is 2. The van der Waals surface area contributed by atoms with E-state index < -0.39 is 12.1 Å². The average molecular weight is 285 g/mol. The molecular weight excluding hydrogens is 271 g/mol. The Kier molecular flexibility index (Phi) is 2.74. The summed E-state index contributed by atoms with van der Waals surface area (Å²) in [4.78, 5) is 12.2.